The molecule has 7 nitrogen and oxygen atoms in total. The van der Waals surface area contributed by atoms with Gasteiger partial charge in [0.05, 0.1) is 26.8 Å². The number of nitrogens with one attached hydrogen (secondary N) is 1. The summed E-state index contributed by atoms with van der Waals surface area (Å²) in [5.41, 5.74) is 1.51. The van der Waals surface area contributed by atoms with E-state index in [1.807, 2.05) is 6.07 Å². The maximum absolute atomic E-state index is 13.6. The molecule has 1 atom stereocenters. The number of carbonyl (C=O) groups is 2. The molecule has 0 aliphatic carbocycles. The number of halogens is 1. The predicted molar refractivity (Wildman–Crippen MR) is 119 cm³/mol. The number of amides is 1. The average Bonchev–Trinajstić information content (AvgIpc) is 3.09. The van der Waals surface area contributed by atoms with Crippen LogP contribution >= 0.6 is 11.6 Å². The van der Waals surface area contributed by atoms with Crippen molar-refractivity contribution in [2.24, 2.45) is 0 Å². The minimum atomic E-state index is -0.858. The minimum absolute atomic E-state index is 0.116. The summed E-state index contributed by atoms with van der Waals surface area (Å²) in [5, 5.41) is 14.1. The Morgan fingerprint density at radius 1 is 1.06 bits per heavy atom. The van der Waals surface area contributed by atoms with E-state index in [2.05, 4.69) is 4.98 Å². The van der Waals surface area contributed by atoms with Gasteiger partial charge < -0.3 is 19.5 Å². The molecule has 0 bridgehead atoms. The number of ether oxygens (including phenoxy) is 2. The fourth-order valence-electron chi connectivity index (χ4n) is 3.88. The number of hydrogen-bond donors (Lipinski definition) is 0. The Kier molecular flexibility index (Phi) is 6.33. The zero-order valence-electron chi connectivity index (χ0n) is 18.0. The normalized spacial score (nSPS) is 17.3. The lowest BCUT2D eigenvalue weighted by Crippen LogP contribution is -2.29. The highest BCUT2D eigenvalue weighted by Crippen LogP contribution is 2.40. The first-order valence-corrected chi connectivity index (χ1v) is 10.5. The van der Waals surface area contributed by atoms with Crippen LogP contribution in [0.2, 0.25) is 5.02 Å². The second kappa shape index (κ2) is 9.34. The maximum Gasteiger partial charge on any atom is 0.295 e. The molecular weight excluding hydrogens is 444 g/mol. The van der Waals surface area contributed by atoms with Crippen LogP contribution in [-0.2, 0) is 16.1 Å². The van der Waals surface area contributed by atoms with E-state index in [4.69, 9.17) is 21.1 Å². The first-order chi connectivity index (χ1) is 15.9. The lowest BCUT2D eigenvalue weighted by molar-refractivity contribution is -0.378. The van der Waals surface area contributed by atoms with Gasteiger partial charge in [0, 0.05) is 22.2 Å². The molecule has 1 aliphatic rings. The van der Waals surface area contributed by atoms with Gasteiger partial charge >= 0.3 is 0 Å². The van der Waals surface area contributed by atoms with E-state index < -0.39 is 23.5 Å². The summed E-state index contributed by atoms with van der Waals surface area (Å²) in [6.07, 6.45) is 3.49. The number of pyridine rings is 1. The number of benzene rings is 2. The number of rotatable bonds is 6. The molecule has 1 fully saturated rings. The number of H-pyrrole nitrogens is 1. The zero-order chi connectivity index (χ0) is 23.5. The summed E-state index contributed by atoms with van der Waals surface area (Å²) >= 11 is 6.05. The first-order valence-electron chi connectivity index (χ1n) is 10.1. The number of hydrogen-bond acceptors (Lipinski definition) is 5. The Morgan fingerprint density at radius 2 is 1.79 bits per heavy atom. The molecule has 1 saturated heterocycles. The molecule has 2 aromatic carbocycles. The average molecular weight is 465 g/mol. The number of aromatic nitrogens is 1. The van der Waals surface area contributed by atoms with Crippen molar-refractivity contribution in [1.29, 1.82) is 0 Å². The smallest absolute Gasteiger partial charge is 0.295 e. The SMILES string of the molecule is COc1ccc(/C([O-])=C2\C(=O)C(=O)N(Cc3ccc[nH+]c3)C2c2ccc(Cl)cc2)cc1OC. The largest absolute Gasteiger partial charge is 0.872 e. The summed E-state index contributed by atoms with van der Waals surface area (Å²) in [7, 11) is 2.95. The van der Waals surface area contributed by atoms with Crippen LogP contribution < -0.4 is 19.6 Å². The fraction of sp³-hybridized carbons (Fsp3) is 0.160. The van der Waals surface area contributed by atoms with Gasteiger partial charge in [-0.25, -0.2) is 4.98 Å². The second-order valence-electron chi connectivity index (χ2n) is 7.44. The Morgan fingerprint density at radius 3 is 2.42 bits per heavy atom. The van der Waals surface area contributed by atoms with E-state index >= 15 is 0 Å². The van der Waals surface area contributed by atoms with Crippen LogP contribution in [0.25, 0.3) is 5.76 Å². The second-order valence-corrected chi connectivity index (χ2v) is 7.88. The maximum atomic E-state index is 13.6. The van der Waals surface area contributed by atoms with E-state index in [0.717, 1.165) is 5.56 Å². The molecule has 1 aromatic heterocycles. The Hall–Kier alpha value is -3.84. The molecule has 1 N–H and O–H groups in total. The molecule has 1 unspecified atom stereocenters. The highest BCUT2D eigenvalue weighted by molar-refractivity contribution is 6.46. The van der Waals surface area contributed by atoms with E-state index in [1.165, 1.54) is 25.2 Å². The molecule has 8 heteroatoms. The molecule has 1 aliphatic heterocycles. The van der Waals surface area contributed by atoms with Crippen LogP contribution in [0.4, 0.5) is 0 Å². The van der Waals surface area contributed by atoms with Gasteiger partial charge in [0.25, 0.3) is 5.91 Å². The summed E-state index contributed by atoms with van der Waals surface area (Å²) in [5.74, 6) is -1.31. The van der Waals surface area contributed by atoms with Gasteiger partial charge in [-0.05, 0) is 41.5 Å². The molecule has 168 valence electrons. The van der Waals surface area contributed by atoms with Crippen molar-refractivity contribution in [2.45, 2.75) is 12.6 Å². The van der Waals surface area contributed by atoms with Crippen LogP contribution in [0.1, 0.15) is 22.7 Å². The van der Waals surface area contributed by atoms with E-state index in [9.17, 15) is 14.7 Å². The van der Waals surface area contributed by atoms with Crippen molar-refractivity contribution in [3.05, 3.63) is 94.3 Å². The summed E-state index contributed by atoms with van der Waals surface area (Å²) < 4.78 is 10.5. The van der Waals surface area contributed by atoms with Crippen molar-refractivity contribution in [3.8, 4) is 11.5 Å². The predicted octanol–water partition coefficient (Wildman–Crippen LogP) is 2.60. The van der Waals surface area contributed by atoms with Crippen molar-refractivity contribution in [3.63, 3.8) is 0 Å². The van der Waals surface area contributed by atoms with Crippen LogP contribution in [0.3, 0.4) is 0 Å². The third-order valence-corrected chi connectivity index (χ3v) is 5.74. The monoisotopic (exact) mass is 464 g/mol. The molecule has 3 aromatic rings. The van der Waals surface area contributed by atoms with E-state index in [1.54, 1.807) is 54.9 Å². The molecular formula is C25H21ClN2O5. The molecule has 0 spiro atoms. The number of Topliss-reactive ketones (excluding diaryl/α,β-unsaturated/α-hetero) is 1. The standard InChI is InChI=1S/C25H21ClN2O5/c1-32-19-10-7-17(12-20(19)33-2)23(29)21-22(16-5-8-18(26)9-6-16)28(25(31)24(21)30)14-15-4-3-11-27-13-15/h3-13,22,29H,14H2,1-2H3/b23-21+. The van der Waals surface area contributed by atoms with Gasteiger partial charge in [-0.3, -0.25) is 9.59 Å². The van der Waals surface area contributed by atoms with Crippen molar-refractivity contribution in [2.75, 3.05) is 14.2 Å². The molecule has 0 saturated carbocycles. The van der Waals surface area contributed by atoms with Crippen molar-refractivity contribution >= 4 is 29.1 Å². The van der Waals surface area contributed by atoms with Crippen LogP contribution in [0.5, 0.6) is 11.5 Å². The molecule has 4 rings (SSSR count). The van der Waals surface area contributed by atoms with Gasteiger partial charge in [-0.2, -0.15) is 0 Å². The van der Waals surface area contributed by atoms with Gasteiger partial charge in [0.1, 0.15) is 0 Å². The third kappa shape index (κ3) is 4.27. The molecule has 33 heavy (non-hydrogen) atoms. The number of likely N-dealkylation sites (tertiary alicyclic amines) is 1. The molecule has 1 amide bonds. The Labute approximate surface area is 195 Å². The van der Waals surface area contributed by atoms with E-state index in [-0.39, 0.29) is 17.7 Å². The molecule has 2 heterocycles. The van der Waals surface area contributed by atoms with Crippen molar-refractivity contribution < 1.29 is 29.2 Å². The van der Waals surface area contributed by atoms with Crippen LogP contribution in [-0.4, -0.2) is 30.8 Å². The van der Waals surface area contributed by atoms with Gasteiger partial charge in [0.2, 0.25) is 5.78 Å². The summed E-state index contributed by atoms with van der Waals surface area (Å²) in [4.78, 5) is 30.5. The Balaban J connectivity index is 1.86. The fourth-order valence-corrected chi connectivity index (χ4v) is 4.01. The topological polar surface area (TPSA) is 93.0 Å². The Bertz CT molecular complexity index is 1230. The van der Waals surface area contributed by atoms with E-state index in [0.29, 0.717) is 22.1 Å². The molecule has 0 radical (unpaired) electrons. The third-order valence-electron chi connectivity index (χ3n) is 5.49. The lowest BCUT2D eigenvalue weighted by Gasteiger charge is -2.27. The summed E-state index contributed by atoms with van der Waals surface area (Å²) in [6, 6.07) is 14.2. The number of aromatic amines is 1. The highest BCUT2D eigenvalue weighted by Gasteiger charge is 2.44. The minimum Gasteiger partial charge on any atom is -0.872 e. The van der Waals surface area contributed by atoms with Crippen LogP contribution in [0, 0.1) is 0 Å². The van der Waals surface area contributed by atoms with Gasteiger partial charge in [0.15, 0.2) is 23.9 Å². The van der Waals surface area contributed by atoms with Crippen LogP contribution in [0.15, 0.2) is 72.6 Å². The number of ketones is 1. The lowest BCUT2D eigenvalue weighted by atomic mass is 9.95. The quantitative estimate of drug-likeness (QED) is 0.317. The van der Waals surface area contributed by atoms with Crippen molar-refractivity contribution in [1.82, 2.24) is 4.90 Å². The van der Waals surface area contributed by atoms with Gasteiger partial charge in [-0.1, -0.05) is 35.6 Å². The van der Waals surface area contributed by atoms with Gasteiger partial charge in [-0.15, -0.1) is 0 Å². The number of nitrogens with zero attached hydrogens (tertiary/aromatic N) is 1. The first kappa shape index (κ1) is 22.4. The summed E-state index contributed by atoms with van der Waals surface area (Å²) in [6.45, 7) is 0.151. The number of carbonyl (C=O) groups excluding carboxylic acids is 2. The highest BCUT2D eigenvalue weighted by atomic mass is 35.5. The zero-order valence-corrected chi connectivity index (χ0v) is 18.8. The number of methoxy groups -OCH3 is 2.